The summed E-state index contributed by atoms with van der Waals surface area (Å²) in [6.45, 7) is 18.7. The van der Waals surface area contributed by atoms with Crippen LogP contribution in [0.4, 0.5) is 0 Å². The van der Waals surface area contributed by atoms with Crippen molar-refractivity contribution in [3.8, 4) is 0 Å². The summed E-state index contributed by atoms with van der Waals surface area (Å²) in [5, 5.41) is 34.6. The number of hydrogen-bond acceptors (Lipinski definition) is 7. The minimum Gasteiger partial charge on any atom is -0.462 e. The highest BCUT2D eigenvalue weighted by atomic mass is 16.6. The summed E-state index contributed by atoms with van der Waals surface area (Å²) in [6.07, 6.45) is 1.85. The highest BCUT2D eigenvalue weighted by molar-refractivity contribution is 5.67. The van der Waals surface area contributed by atoms with E-state index in [-0.39, 0.29) is 35.1 Å². The molecule has 15 unspecified atom stereocenters. The first-order valence-corrected chi connectivity index (χ1v) is 16.1. The van der Waals surface area contributed by atoms with Crippen LogP contribution >= 0.6 is 0 Å². The first-order valence-electron chi connectivity index (χ1n) is 16.1. The number of aliphatic hydroxyl groups is 3. The molecule has 0 bridgehead atoms. The molecule has 5 rings (SSSR count). The fourth-order valence-corrected chi connectivity index (χ4v) is 11.0. The molecule has 4 fully saturated rings. The van der Waals surface area contributed by atoms with Crippen molar-refractivity contribution >= 4 is 11.9 Å². The molecule has 0 saturated heterocycles. The van der Waals surface area contributed by atoms with Crippen LogP contribution in [-0.2, 0) is 19.1 Å². The average Bonchev–Trinajstić information content (AvgIpc) is 3.48. The van der Waals surface area contributed by atoms with Gasteiger partial charge in [0.05, 0.1) is 18.3 Å². The molecule has 7 heteroatoms. The van der Waals surface area contributed by atoms with Crippen LogP contribution in [0.1, 0.15) is 94.4 Å². The van der Waals surface area contributed by atoms with Gasteiger partial charge in [-0.3, -0.25) is 9.59 Å². The third-order valence-electron chi connectivity index (χ3n) is 13.5. The molecule has 0 aromatic rings. The quantitative estimate of drug-likeness (QED) is 0.305. The highest BCUT2D eigenvalue weighted by Gasteiger charge is 2.73. The Kier molecular flexibility index (Phi) is 7.81. The van der Waals surface area contributed by atoms with E-state index in [1.807, 2.05) is 6.08 Å². The topological polar surface area (TPSA) is 113 Å². The van der Waals surface area contributed by atoms with Gasteiger partial charge in [0.1, 0.15) is 12.2 Å². The molecule has 3 N–H and O–H groups in total. The van der Waals surface area contributed by atoms with Gasteiger partial charge in [-0.15, -0.1) is 0 Å². The molecular weight excluding hydrogens is 520 g/mol. The van der Waals surface area contributed by atoms with Crippen molar-refractivity contribution in [2.24, 2.45) is 63.6 Å². The van der Waals surface area contributed by atoms with Crippen molar-refractivity contribution in [3.63, 3.8) is 0 Å². The van der Waals surface area contributed by atoms with E-state index in [4.69, 9.17) is 9.47 Å². The smallest absolute Gasteiger partial charge is 0.303 e. The first-order chi connectivity index (χ1) is 19.0. The summed E-state index contributed by atoms with van der Waals surface area (Å²) in [5.74, 6) is 0.0415. The maximum atomic E-state index is 12.7. The zero-order valence-corrected chi connectivity index (χ0v) is 26.6. The van der Waals surface area contributed by atoms with Gasteiger partial charge in [0.2, 0.25) is 0 Å². The Morgan fingerprint density at radius 1 is 0.951 bits per heavy atom. The van der Waals surface area contributed by atoms with Gasteiger partial charge in [-0.2, -0.15) is 0 Å². The van der Waals surface area contributed by atoms with Crippen LogP contribution < -0.4 is 0 Å². The number of fused-ring (bicyclic) bond motifs is 5. The number of carbonyl (C=O) groups excluding carboxylic acids is 2. The van der Waals surface area contributed by atoms with E-state index in [0.29, 0.717) is 43.4 Å². The third kappa shape index (κ3) is 4.63. The molecule has 15 atom stereocenters. The second-order valence-electron chi connectivity index (χ2n) is 15.7. The Bertz CT molecular complexity index is 1080. The summed E-state index contributed by atoms with van der Waals surface area (Å²) >= 11 is 0. The zero-order chi connectivity index (χ0) is 30.4. The normalized spacial score (nSPS) is 50.1. The van der Waals surface area contributed by atoms with Crippen molar-refractivity contribution in [2.75, 3.05) is 0 Å². The van der Waals surface area contributed by atoms with E-state index in [9.17, 15) is 24.9 Å². The van der Waals surface area contributed by atoms with E-state index in [1.54, 1.807) is 0 Å². The van der Waals surface area contributed by atoms with Crippen LogP contribution in [0, 0.1) is 63.6 Å². The minimum absolute atomic E-state index is 0.0292. The fraction of sp³-hybridized carbons (Fsp3) is 0.882. The second kappa shape index (κ2) is 10.3. The molecule has 41 heavy (non-hydrogen) atoms. The zero-order valence-electron chi connectivity index (χ0n) is 26.6. The Balaban J connectivity index is 1.62. The van der Waals surface area contributed by atoms with Gasteiger partial charge in [0.25, 0.3) is 0 Å². The summed E-state index contributed by atoms with van der Waals surface area (Å²) in [4.78, 5) is 25.2. The van der Waals surface area contributed by atoms with Gasteiger partial charge in [0, 0.05) is 37.0 Å². The van der Waals surface area contributed by atoms with E-state index in [0.717, 1.165) is 12.0 Å². The van der Waals surface area contributed by atoms with Gasteiger partial charge in [-0.25, -0.2) is 0 Å². The monoisotopic (exact) mass is 574 g/mol. The number of ether oxygens (including phenoxy) is 2. The molecular formula is C34H54O7. The van der Waals surface area contributed by atoms with Crippen LogP contribution in [-0.4, -0.2) is 57.8 Å². The standard InChI is InChI=1S/C34H54O7/c1-16(2)18(4)33(8)15-24(33)17(3)23-14-26(40-19(5)35)28-27-25(38)13-21-12-22(37)10-11-32(21,7)29(27)30(39)31(34(23,28)9)41-20(6)36/h13,16-18,22-31,37-39H,10-12,14-15H2,1-9H3. The van der Waals surface area contributed by atoms with Crippen molar-refractivity contribution in [1.82, 2.24) is 0 Å². The lowest BCUT2D eigenvalue weighted by atomic mass is 9.44. The Hall–Kier alpha value is -1.44. The predicted octanol–water partition coefficient (Wildman–Crippen LogP) is 4.91. The van der Waals surface area contributed by atoms with Crippen LogP contribution in [0.25, 0.3) is 0 Å². The lowest BCUT2D eigenvalue weighted by molar-refractivity contribution is -0.239. The number of aliphatic hydroxyl groups excluding tert-OH is 3. The lowest BCUT2D eigenvalue weighted by Crippen LogP contribution is -2.68. The van der Waals surface area contributed by atoms with Gasteiger partial charge >= 0.3 is 11.9 Å². The summed E-state index contributed by atoms with van der Waals surface area (Å²) < 4.78 is 12.2. The van der Waals surface area contributed by atoms with E-state index >= 15 is 0 Å². The summed E-state index contributed by atoms with van der Waals surface area (Å²) in [7, 11) is 0. The SMILES string of the molecule is CC(=O)OC1CC(C(C)C2CC2(C)C(C)C(C)C)C2(C)C(OC(C)=O)C(O)C3C(C(O)C=C4CC(O)CCC43C)C12. The first kappa shape index (κ1) is 31.0. The van der Waals surface area contributed by atoms with Gasteiger partial charge < -0.3 is 24.8 Å². The molecule has 5 aliphatic carbocycles. The van der Waals surface area contributed by atoms with Gasteiger partial charge in [0.15, 0.2) is 0 Å². The Labute approximate surface area is 246 Å². The lowest BCUT2D eigenvalue weighted by Gasteiger charge is -2.63. The molecule has 4 saturated carbocycles. The van der Waals surface area contributed by atoms with Crippen LogP contribution in [0.15, 0.2) is 11.6 Å². The highest BCUT2D eigenvalue weighted by Crippen LogP contribution is 2.72. The Morgan fingerprint density at radius 2 is 1.59 bits per heavy atom. The van der Waals surface area contributed by atoms with Crippen LogP contribution in [0.2, 0.25) is 0 Å². The summed E-state index contributed by atoms with van der Waals surface area (Å²) in [6, 6.07) is 0. The van der Waals surface area contributed by atoms with E-state index < -0.39 is 53.2 Å². The Morgan fingerprint density at radius 3 is 2.17 bits per heavy atom. The molecule has 0 aliphatic heterocycles. The van der Waals surface area contributed by atoms with E-state index in [1.165, 1.54) is 13.8 Å². The van der Waals surface area contributed by atoms with E-state index in [2.05, 4.69) is 48.5 Å². The second-order valence-corrected chi connectivity index (χ2v) is 15.7. The maximum absolute atomic E-state index is 12.7. The largest absolute Gasteiger partial charge is 0.462 e. The molecule has 232 valence electrons. The molecule has 0 aromatic heterocycles. The van der Waals surface area contributed by atoms with Crippen LogP contribution in [0.5, 0.6) is 0 Å². The van der Waals surface area contributed by atoms with Gasteiger partial charge in [-0.05, 0) is 72.5 Å². The predicted molar refractivity (Wildman–Crippen MR) is 155 cm³/mol. The number of esters is 2. The van der Waals surface area contributed by atoms with Crippen molar-refractivity contribution in [1.29, 1.82) is 0 Å². The van der Waals surface area contributed by atoms with Crippen LogP contribution in [0.3, 0.4) is 0 Å². The van der Waals surface area contributed by atoms with Crippen molar-refractivity contribution < 1.29 is 34.4 Å². The van der Waals surface area contributed by atoms with Gasteiger partial charge in [-0.1, -0.05) is 60.1 Å². The molecule has 0 aromatic carbocycles. The molecule has 7 nitrogen and oxygen atoms in total. The maximum Gasteiger partial charge on any atom is 0.303 e. The molecule has 0 radical (unpaired) electrons. The third-order valence-corrected chi connectivity index (χ3v) is 13.5. The average molecular weight is 575 g/mol. The minimum atomic E-state index is -0.991. The number of carbonyl (C=O) groups is 2. The van der Waals surface area contributed by atoms with Crippen molar-refractivity contribution in [2.45, 2.75) is 125 Å². The molecule has 5 aliphatic rings. The fourth-order valence-electron chi connectivity index (χ4n) is 11.0. The number of hydrogen-bond donors (Lipinski definition) is 3. The summed E-state index contributed by atoms with van der Waals surface area (Å²) in [5.41, 5.74) is 0.0175. The number of rotatable bonds is 6. The molecule has 0 heterocycles. The molecule has 0 amide bonds. The molecule has 0 spiro atoms. The van der Waals surface area contributed by atoms with Crippen molar-refractivity contribution in [3.05, 3.63) is 11.6 Å².